The fourth-order valence-corrected chi connectivity index (χ4v) is 1.38. The summed E-state index contributed by atoms with van der Waals surface area (Å²) >= 11 is 0. The van der Waals surface area contributed by atoms with Gasteiger partial charge in [0.25, 0.3) is 0 Å². The van der Waals surface area contributed by atoms with Crippen LogP contribution in [-0.4, -0.2) is 17.6 Å². The number of hydrogen-bond acceptors (Lipinski definition) is 3. The van der Waals surface area contributed by atoms with Crippen LogP contribution in [0.5, 0.6) is 0 Å². The molecule has 18 heavy (non-hydrogen) atoms. The molecule has 1 aromatic rings. The second kappa shape index (κ2) is 5.96. The van der Waals surface area contributed by atoms with Gasteiger partial charge in [0.2, 0.25) is 0 Å². The maximum Gasteiger partial charge on any atom is 0.323 e. The molecule has 3 nitrogen and oxygen atoms in total. The van der Waals surface area contributed by atoms with E-state index < -0.39 is 11.6 Å². The number of hydrogen-bond donors (Lipinski definition) is 1. The van der Waals surface area contributed by atoms with Gasteiger partial charge in [-0.05, 0) is 33.8 Å². The lowest BCUT2D eigenvalue weighted by atomic mass is 10.2. The lowest BCUT2D eigenvalue weighted by Gasteiger charge is -2.22. The minimum absolute atomic E-state index is 0.276. The summed E-state index contributed by atoms with van der Waals surface area (Å²) in [5.41, 5.74) is 0.0262. The highest BCUT2D eigenvalue weighted by Gasteiger charge is 2.21. The number of esters is 1. The van der Waals surface area contributed by atoms with Crippen LogP contribution in [0.15, 0.2) is 24.3 Å². The van der Waals surface area contributed by atoms with Crippen molar-refractivity contribution in [3.8, 4) is 0 Å². The van der Waals surface area contributed by atoms with Gasteiger partial charge in [-0.3, -0.25) is 4.79 Å². The van der Waals surface area contributed by atoms with Crippen LogP contribution in [0.2, 0.25) is 0 Å². The number of nitrogens with one attached hydrogen (secondary N) is 1. The molecule has 0 saturated carbocycles. The average Bonchev–Trinajstić information content (AvgIpc) is 2.25. The molecule has 1 atom stereocenters. The Labute approximate surface area is 107 Å². The Morgan fingerprint density at radius 1 is 1.39 bits per heavy atom. The van der Waals surface area contributed by atoms with E-state index in [1.807, 2.05) is 20.8 Å². The summed E-state index contributed by atoms with van der Waals surface area (Å²) in [4.78, 5) is 11.7. The van der Waals surface area contributed by atoms with E-state index in [1.54, 1.807) is 25.1 Å². The van der Waals surface area contributed by atoms with E-state index in [-0.39, 0.29) is 11.8 Å². The predicted molar refractivity (Wildman–Crippen MR) is 68.5 cm³/mol. The first kappa shape index (κ1) is 14.6. The van der Waals surface area contributed by atoms with Crippen molar-refractivity contribution in [1.82, 2.24) is 5.32 Å². The number of carbonyl (C=O) groups excluding carboxylic acids is 1. The first-order valence-electron chi connectivity index (χ1n) is 5.99. The van der Waals surface area contributed by atoms with Crippen LogP contribution >= 0.6 is 0 Å². The first-order chi connectivity index (χ1) is 8.29. The van der Waals surface area contributed by atoms with Crippen LogP contribution < -0.4 is 5.32 Å². The van der Waals surface area contributed by atoms with Crippen molar-refractivity contribution in [2.24, 2.45) is 0 Å². The van der Waals surface area contributed by atoms with E-state index in [1.165, 1.54) is 6.07 Å². The van der Waals surface area contributed by atoms with Crippen LogP contribution in [0.25, 0.3) is 0 Å². The zero-order valence-electron chi connectivity index (χ0n) is 11.3. The maximum atomic E-state index is 13.4. The molecule has 0 bridgehead atoms. The Balaban J connectivity index is 2.49. The van der Waals surface area contributed by atoms with Crippen LogP contribution in [0.1, 0.15) is 33.3 Å². The van der Waals surface area contributed by atoms with Crippen molar-refractivity contribution in [3.05, 3.63) is 35.6 Å². The Morgan fingerprint density at radius 2 is 2.00 bits per heavy atom. The van der Waals surface area contributed by atoms with Gasteiger partial charge in [-0.25, -0.2) is 4.39 Å². The largest absolute Gasteiger partial charge is 0.459 e. The summed E-state index contributed by atoms with van der Waals surface area (Å²) in [6, 6.07) is 6.01. The molecule has 0 amide bonds. The zero-order chi connectivity index (χ0) is 13.8. The Morgan fingerprint density at radius 3 is 2.56 bits per heavy atom. The second-order valence-corrected chi connectivity index (χ2v) is 5.23. The molecule has 1 unspecified atom stereocenters. The second-order valence-electron chi connectivity index (χ2n) is 5.23. The highest BCUT2D eigenvalue weighted by Crippen LogP contribution is 2.09. The number of benzene rings is 1. The first-order valence-corrected chi connectivity index (χ1v) is 5.99. The summed E-state index contributed by atoms with van der Waals surface area (Å²) in [5, 5.41) is 2.95. The molecular formula is C14H20FNO2. The van der Waals surface area contributed by atoms with Crippen LogP contribution in [0.4, 0.5) is 4.39 Å². The zero-order valence-corrected chi connectivity index (χ0v) is 11.3. The maximum absolute atomic E-state index is 13.4. The molecular weight excluding hydrogens is 233 g/mol. The van der Waals surface area contributed by atoms with Gasteiger partial charge in [-0.2, -0.15) is 0 Å². The molecule has 0 radical (unpaired) electrons. The van der Waals surface area contributed by atoms with Crippen molar-refractivity contribution in [1.29, 1.82) is 0 Å². The molecule has 1 aromatic carbocycles. The third-order valence-electron chi connectivity index (χ3n) is 2.32. The van der Waals surface area contributed by atoms with Crippen molar-refractivity contribution in [2.75, 3.05) is 0 Å². The summed E-state index contributed by atoms with van der Waals surface area (Å²) in [5.74, 6) is -0.611. The average molecular weight is 253 g/mol. The van der Waals surface area contributed by atoms with Crippen molar-refractivity contribution >= 4 is 5.97 Å². The van der Waals surface area contributed by atoms with Gasteiger partial charge < -0.3 is 10.1 Å². The fourth-order valence-electron chi connectivity index (χ4n) is 1.38. The number of halogens is 1. The van der Waals surface area contributed by atoms with E-state index in [0.29, 0.717) is 12.1 Å². The normalized spacial score (nSPS) is 13.2. The van der Waals surface area contributed by atoms with Crippen molar-refractivity contribution < 1.29 is 13.9 Å². The summed E-state index contributed by atoms with van der Waals surface area (Å²) in [6.07, 6.45) is 0. The van der Waals surface area contributed by atoms with Gasteiger partial charge >= 0.3 is 5.97 Å². The van der Waals surface area contributed by atoms with Gasteiger partial charge in [0.1, 0.15) is 17.5 Å². The van der Waals surface area contributed by atoms with E-state index in [9.17, 15) is 9.18 Å². The number of rotatable bonds is 4. The topological polar surface area (TPSA) is 38.3 Å². The monoisotopic (exact) mass is 253 g/mol. The molecule has 1 N–H and O–H groups in total. The molecule has 0 aromatic heterocycles. The van der Waals surface area contributed by atoms with Crippen LogP contribution in [-0.2, 0) is 16.1 Å². The minimum Gasteiger partial charge on any atom is -0.459 e. The van der Waals surface area contributed by atoms with Gasteiger partial charge in [0.15, 0.2) is 0 Å². The molecule has 0 aliphatic heterocycles. The van der Waals surface area contributed by atoms with E-state index >= 15 is 0 Å². The van der Waals surface area contributed by atoms with Gasteiger partial charge in [-0.15, -0.1) is 0 Å². The quantitative estimate of drug-likeness (QED) is 0.838. The Bertz CT molecular complexity index is 413. The Hall–Kier alpha value is -1.42. The highest BCUT2D eigenvalue weighted by atomic mass is 19.1. The minimum atomic E-state index is -0.509. The van der Waals surface area contributed by atoms with Crippen molar-refractivity contribution in [2.45, 2.75) is 45.9 Å². The lowest BCUT2D eigenvalue weighted by molar-refractivity contribution is -0.157. The SMILES string of the molecule is CC(NCc1ccccc1F)C(=O)OC(C)(C)C. The number of ether oxygens (including phenoxy) is 1. The van der Waals surface area contributed by atoms with Gasteiger partial charge in [0.05, 0.1) is 0 Å². The van der Waals surface area contributed by atoms with E-state index in [2.05, 4.69) is 5.32 Å². The lowest BCUT2D eigenvalue weighted by Crippen LogP contribution is -2.38. The number of carbonyl (C=O) groups is 1. The summed E-state index contributed by atoms with van der Waals surface area (Å²) < 4.78 is 18.6. The molecule has 0 fully saturated rings. The molecule has 100 valence electrons. The fraction of sp³-hybridized carbons (Fsp3) is 0.500. The molecule has 4 heteroatoms. The van der Waals surface area contributed by atoms with Crippen LogP contribution in [0.3, 0.4) is 0 Å². The Kier molecular flexibility index (Phi) is 4.84. The third-order valence-corrected chi connectivity index (χ3v) is 2.32. The highest BCUT2D eigenvalue weighted by molar-refractivity contribution is 5.75. The van der Waals surface area contributed by atoms with Crippen molar-refractivity contribution in [3.63, 3.8) is 0 Å². The van der Waals surface area contributed by atoms with Crippen LogP contribution in [0, 0.1) is 5.82 Å². The molecule has 0 aliphatic carbocycles. The van der Waals surface area contributed by atoms with Gasteiger partial charge in [0, 0.05) is 12.1 Å². The summed E-state index contributed by atoms with van der Waals surface area (Å²) in [6.45, 7) is 7.44. The standard InChI is InChI=1S/C14H20FNO2/c1-10(13(17)18-14(2,3)4)16-9-11-7-5-6-8-12(11)15/h5-8,10,16H,9H2,1-4H3. The molecule has 0 heterocycles. The molecule has 0 saturated heterocycles. The molecule has 1 rings (SSSR count). The molecule has 0 spiro atoms. The van der Waals surface area contributed by atoms with Gasteiger partial charge in [-0.1, -0.05) is 18.2 Å². The predicted octanol–water partition coefficient (Wildman–Crippen LogP) is 2.65. The van der Waals surface area contributed by atoms with E-state index in [4.69, 9.17) is 4.74 Å². The summed E-state index contributed by atoms with van der Waals surface area (Å²) in [7, 11) is 0. The molecule has 0 aliphatic rings. The smallest absolute Gasteiger partial charge is 0.323 e. The third kappa shape index (κ3) is 4.84. The van der Waals surface area contributed by atoms with E-state index in [0.717, 1.165) is 0 Å².